The van der Waals surface area contributed by atoms with Crippen LogP contribution in [0, 0.1) is 6.92 Å². The average molecular weight is 305 g/mol. The number of carbonyl (C=O) groups is 1. The van der Waals surface area contributed by atoms with Gasteiger partial charge in [-0.1, -0.05) is 11.3 Å². The van der Waals surface area contributed by atoms with Gasteiger partial charge in [0.05, 0.1) is 14.2 Å². The number of rotatable bonds is 5. The molecule has 1 aromatic carbocycles. The standard InChI is InChI=1S/C14H15N3O3S/c1-9-16-17-14(21-9)15-13(18)7-5-10-4-6-11(19-2)8-12(10)20-3/h4-8H,1-3H3,(H,15,17,18). The first kappa shape index (κ1) is 15.0. The molecule has 110 valence electrons. The number of ether oxygens (including phenoxy) is 2. The Balaban J connectivity index is 2.08. The molecule has 7 heteroatoms. The Morgan fingerprint density at radius 3 is 2.71 bits per heavy atom. The zero-order chi connectivity index (χ0) is 15.2. The fraction of sp³-hybridized carbons (Fsp3) is 0.214. The van der Waals surface area contributed by atoms with Crippen LogP contribution < -0.4 is 14.8 Å². The summed E-state index contributed by atoms with van der Waals surface area (Å²) in [7, 11) is 3.15. The van der Waals surface area contributed by atoms with Crippen molar-refractivity contribution in [2.24, 2.45) is 0 Å². The quantitative estimate of drug-likeness (QED) is 0.859. The van der Waals surface area contributed by atoms with E-state index in [-0.39, 0.29) is 5.91 Å². The van der Waals surface area contributed by atoms with Crippen LogP contribution in [0.1, 0.15) is 10.6 Å². The summed E-state index contributed by atoms with van der Waals surface area (Å²) in [6, 6.07) is 5.37. The minimum absolute atomic E-state index is 0.274. The van der Waals surface area contributed by atoms with Crippen molar-refractivity contribution in [2.45, 2.75) is 6.92 Å². The summed E-state index contributed by atoms with van der Waals surface area (Å²) >= 11 is 1.32. The highest BCUT2D eigenvalue weighted by Gasteiger charge is 2.05. The third-order valence-electron chi connectivity index (χ3n) is 2.61. The zero-order valence-electron chi connectivity index (χ0n) is 11.9. The number of methoxy groups -OCH3 is 2. The molecule has 1 aromatic heterocycles. The maximum absolute atomic E-state index is 11.8. The lowest BCUT2D eigenvalue weighted by Crippen LogP contribution is -2.07. The number of carbonyl (C=O) groups excluding carboxylic acids is 1. The van der Waals surface area contributed by atoms with Gasteiger partial charge in [-0.3, -0.25) is 10.1 Å². The summed E-state index contributed by atoms with van der Waals surface area (Å²) in [5.74, 6) is 1.05. The monoisotopic (exact) mass is 305 g/mol. The molecule has 0 atom stereocenters. The Bertz CT molecular complexity index is 667. The molecule has 1 N–H and O–H groups in total. The molecule has 2 rings (SSSR count). The molecule has 0 saturated heterocycles. The number of aromatic nitrogens is 2. The van der Waals surface area contributed by atoms with E-state index in [2.05, 4.69) is 15.5 Å². The van der Waals surface area contributed by atoms with E-state index in [1.54, 1.807) is 32.4 Å². The van der Waals surface area contributed by atoms with E-state index in [1.807, 2.05) is 13.0 Å². The predicted octanol–water partition coefficient (Wildman–Crippen LogP) is 2.52. The molecule has 0 radical (unpaired) electrons. The summed E-state index contributed by atoms with van der Waals surface area (Å²) in [5.41, 5.74) is 0.780. The van der Waals surface area contributed by atoms with Gasteiger partial charge >= 0.3 is 0 Å². The molecule has 0 aliphatic carbocycles. The predicted molar refractivity (Wildman–Crippen MR) is 81.9 cm³/mol. The topological polar surface area (TPSA) is 73.3 Å². The maximum Gasteiger partial charge on any atom is 0.250 e. The van der Waals surface area contributed by atoms with Crippen LogP contribution in [-0.2, 0) is 4.79 Å². The van der Waals surface area contributed by atoms with Crippen LogP contribution in [0.3, 0.4) is 0 Å². The van der Waals surface area contributed by atoms with E-state index >= 15 is 0 Å². The average Bonchev–Trinajstić information content (AvgIpc) is 2.90. The number of hydrogen-bond donors (Lipinski definition) is 1. The third kappa shape index (κ3) is 4.03. The fourth-order valence-corrected chi connectivity index (χ4v) is 2.21. The molecule has 21 heavy (non-hydrogen) atoms. The Hall–Kier alpha value is -2.41. The van der Waals surface area contributed by atoms with E-state index < -0.39 is 0 Å². The Morgan fingerprint density at radius 2 is 2.10 bits per heavy atom. The van der Waals surface area contributed by atoms with E-state index in [0.29, 0.717) is 16.6 Å². The minimum atomic E-state index is -0.274. The smallest absolute Gasteiger partial charge is 0.250 e. The first-order valence-corrected chi connectivity index (χ1v) is 6.95. The van der Waals surface area contributed by atoms with Crippen molar-refractivity contribution in [3.8, 4) is 11.5 Å². The van der Waals surface area contributed by atoms with Gasteiger partial charge < -0.3 is 9.47 Å². The van der Waals surface area contributed by atoms with E-state index in [0.717, 1.165) is 10.6 Å². The molecule has 0 aliphatic heterocycles. The number of amides is 1. The van der Waals surface area contributed by atoms with Crippen molar-refractivity contribution in [3.63, 3.8) is 0 Å². The normalized spacial score (nSPS) is 10.6. The highest BCUT2D eigenvalue weighted by molar-refractivity contribution is 7.15. The van der Waals surface area contributed by atoms with Gasteiger partial charge in [-0.2, -0.15) is 0 Å². The van der Waals surface area contributed by atoms with E-state index in [4.69, 9.17) is 9.47 Å². The largest absolute Gasteiger partial charge is 0.497 e. The molecule has 0 saturated carbocycles. The van der Waals surface area contributed by atoms with Crippen molar-refractivity contribution < 1.29 is 14.3 Å². The number of aryl methyl sites for hydroxylation is 1. The Labute approximate surface area is 126 Å². The SMILES string of the molecule is COc1ccc(C=CC(=O)Nc2nnc(C)s2)c(OC)c1. The fourth-order valence-electron chi connectivity index (χ4n) is 1.62. The van der Waals surface area contributed by atoms with Gasteiger partial charge in [0.15, 0.2) is 0 Å². The van der Waals surface area contributed by atoms with E-state index in [1.165, 1.54) is 17.4 Å². The molecule has 0 aliphatic rings. The lowest BCUT2D eigenvalue weighted by atomic mass is 10.1. The second kappa shape index (κ2) is 6.85. The summed E-state index contributed by atoms with van der Waals surface area (Å²) in [6.45, 7) is 1.82. The van der Waals surface area contributed by atoms with Gasteiger partial charge in [0.2, 0.25) is 11.0 Å². The first-order valence-electron chi connectivity index (χ1n) is 6.13. The number of benzene rings is 1. The molecule has 1 heterocycles. The van der Waals surface area contributed by atoms with Crippen LogP contribution in [0.2, 0.25) is 0 Å². The second-order valence-electron chi connectivity index (χ2n) is 4.06. The molecule has 1 amide bonds. The van der Waals surface area contributed by atoms with E-state index in [9.17, 15) is 4.79 Å². The van der Waals surface area contributed by atoms with Crippen molar-refractivity contribution in [3.05, 3.63) is 34.8 Å². The third-order valence-corrected chi connectivity index (χ3v) is 3.37. The van der Waals surface area contributed by atoms with Gasteiger partial charge in [-0.05, 0) is 25.1 Å². The number of nitrogens with zero attached hydrogens (tertiary/aromatic N) is 2. The minimum Gasteiger partial charge on any atom is -0.497 e. The number of hydrogen-bond acceptors (Lipinski definition) is 6. The number of anilines is 1. The molecule has 6 nitrogen and oxygen atoms in total. The van der Waals surface area contributed by atoms with Crippen LogP contribution in [0.25, 0.3) is 6.08 Å². The summed E-state index contributed by atoms with van der Waals surface area (Å²) in [6.07, 6.45) is 3.09. The summed E-state index contributed by atoms with van der Waals surface area (Å²) < 4.78 is 10.4. The molecule has 0 spiro atoms. The van der Waals surface area contributed by atoms with Crippen LogP contribution in [0.5, 0.6) is 11.5 Å². The summed E-state index contributed by atoms with van der Waals surface area (Å²) in [4.78, 5) is 11.8. The molecule has 0 unspecified atom stereocenters. The summed E-state index contributed by atoms with van der Waals surface area (Å²) in [5, 5.41) is 11.6. The van der Waals surface area contributed by atoms with Gasteiger partial charge in [0.25, 0.3) is 0 Å². The molecule has 0 bridgehead atoms. The van der Waals surface area contributed by atoms with Crippen LogP contribution >= 0.6 is 11.3 Å². The molecule has 2 aromatic rings. The lowest BCUT2D eigenvalue weighted by Gasteiger charge is -2.07. The molecular formula is C14H15N3O3S. The van der Waals surface area contributed by atoms with Crippen molar-refractivity contribution in [2.75, 3.05) is 19.5 Å². The van der Waals surface area contributed by atoms with Gasteiger partial charge in [0.1, 0.15) is 16.5 Å². The Kier molecular flexibility index (Phi) is 4.89. The molecule has 0 fully saturated rings. The second-order valence-corrected chi connectivity index (χ2v) is 5.24. The van der Waals surface area contributed by atoms with Crippen molar-refractivity contribution >= 4 is 28.5 Å². The van der Waals surface area contributed by atoms with Crippen LogP contribution in [0.4, 0.5) is 5.13 Å². The lowest BCUT2D eigenvalue weighted by molar-refractivity contribution is -0.111. The van der Waals surface area contributed by atoms with Crippen molar-refractivity contribution in [1.29, 1.82) is 0 Å². The van der Waals surface area contributed by atoms with Gasteiger partial charge in [-0.25, -0.2) is 0 Å². The van der Waals surface area contributed by atoms with Crippen LogP contribution in [0.15, 0.2) is 24.3 Å². The van der Waals surface area contributed by atoms with Crippen LogP contribution in [-0.4, -0.2) is 30.3 Å². The van der Waals surface area contributed by atoms with Gasteiger partial charge in [-0.15, -0.1) is 10.2 Å². The molecular weight excluding hydrogens is 290 g/mol. The Morgan fingerprint density at radius 1 is 1.29 bits per heavy atom. The first-order chi connectivity index (χ1) is 10.1. The number of nitrogens with one attached hydrogen (secondary N) is 1. The zero-order valence-corrected chi connectivity index (χ0v) is 12.7. The van der Waals surface area contributed by atoms with Gasteiger partial charge in [0, 0.05) is 17.7 Å². The highest BCUT2D eigenvalue weighted by Crippen LogP contribution is 2.25. The maximum atomic E-state index is 11.8. The van der Waals surface area contributed by atoms with Crippen molar-refractivity contribution in [1.82, 2.24) is 10.2 Å². The highest BCUT2D eigenvalue weighted by atomic mass is 32.1.